The third kappa shape index (κ3) is 2.18. The molecule has 7 heteroatoms. The Morgan fingerprint density at radius 2 is 2.11 bits per heavy atom. The third-order valence-corrected chi connectivity index (χ3v) is 2.44. The molecule has 0 saturated carbocycles. The van der Waals surface area contributed by atoms with E-state index in [0.29, 0.717) is 0 Å². The number of furan rings is 1. The van der Waals surface area contributed by atoms with Gasteiger partial charge in [0.05, 0.1) is 4.92 Å². The maximum Gasteiger partial charge on any atom is 0.339 e. The van der Waals surface area contributed by atoms with Crippen LogP contribution >= 0.6 is 11.6 Å². The van der Waals surface area contributed by atoms with Crippen molar-refractivity contribution >= 4 is 23.3 Å². The van der Waals surface area contributed by atoms with Crippen LogP contribution in [0.3, 0.4) is 0 Å². The number of aromatic carboxylic acids is 1. The van der Waals surface area contributed by atoms with Gasteiger partial charge in [-0.3, -0.25) is 10.1 Å². The molecule has 2 aromatic rings. The van der Waals surface area contributed by atoms with Crippen molar-refractivity contribution in [2.24, 2.45) is 0 Å². The van der Waals surface area contributed by atoms with E-state index >= 15 is 0 Å². The fourth-order valence-electron chi connectivity index (χ4n) is 1.49. The molecular weight excluding hydrogens is 262 g/mol. The second-order valence-corrected chi connectivity index (χ2v) is 3.78. The largest absolute Gasteiger partial charge is 0.478 e. The van der Waals surface area contributed by atoms with Gasteiger partial charge in [-0.1, -0.05) is 12.1 Å². The maximum atomic E-state index is 11.0. The van der Waals surface area contributed by atoms with Crippen LogP contribution in [0.4, 0.5) is 5.69 Å². The molecule has 6 nitrogen and oxygen atoms in total. The van der Waals surface area contributed by atoms with Crippen LogP contribution in [0, 0.1) is 10.1 Å². The smallest absolute Gasteiger partial charge is 0.339 e. The first-order valence-corrected chi connectivity index (χ1v) is 5.14. The lowest BCUT2D eigenvalue weighted by atomic mass is 10.1. The molecule has 0 atom stereocenters. The van der Waals surface area contributed by atoms with Gasteiger partial charge in [0.2, 0.25) is 0 Å². The normalized spacial score (nSPS) is 10.3. The summed E-state index contributed by atoms with van der Waals surface area (Å²) >= 11 is 5.60. The molecular formula is C11H6ClNO5. The second kappa shape index (κ2) is 4.50. The number of halogens is 1. The number of nitrogens with zero attached hydrogens (tertiary/aromatic N) is 1. The standard InChI is InChI=1S/C11H6ClNO5/c12-9-5-8(11(14)15)10(18-9)6-2-1-3-7(4-6)13(16)17/h1-5H,(H,14,15). The number of nitro benzene ring substituents is 1. The van der Waals surface area contributed by atoms with E-state index in [2.05, 4.69) is 0 Å². The van der Waals surface area contributed by atoms with E-state index in [1.54, 1.807) is 0 Å². The quantitative estimate of drug-likeness (QED) is 0.681. The minimum Gasteiger partial charge on any atom is -0.478 e. The summed E-state index contributed by atoms with van der Waals surface area (Å²) in [5.41, 5.74) is -0.00893. The van der Waals surface area contributed by atoms with Crippen molar-refractivity contribution in [2.75, 3.05) is 0 Å². The van der Waals surface area contributed by atoms with Crippen LogP contribution < -0.4 is 0 Å². The molecule has 1 N–H and O–H groups in total. The molecule has 0 bridgehead atoms. The summed E-state index contributed by atoms with van der Waals surface area (Å²) in [5, 5.41) is 19.5. The van der Waals surface area contributed by atoms with E-state index in [4.69, 9.17) is 21.1 Å². The molecule has 92 valence electrons. The van der Waals surface area contributed by atoms with Crippen molar-refractivity contribution in [1.29, 1.82) is 0 Å². The molecule has 0 spiro atoms. The third-order valence-electron chi connectivity index (χ3n) is 2.25. The fourth-order valence-corrected chi connectivity index (χ4v) is 1.68. The minimum absolute atomic E-state index is 0.00352. The van der Waals surface area contributed by atoms with Gasteiger partial charge < -0.3 is 9.52 Å². The van der Waals surface area contributed by atoms with Crippen molar-refractivity contribution in [3.05, 3.63) is 51.2 Å². The first kappa shape index (κ1) is 12.1. The number of hydrogen-bond acceptors (Lipinski definition) is 4. The highest BCUT2D eigenvalue weighted by Gasteiger charge is 2.19. The van der Waals surface area contributed by atoms with Crippen molar-refractivity contribution in [2.45, 2.75) is 0 Å². The summed E-state index contributed by atoms with van der Waals surface area (Å²) in [6.07, 6.45) is 0. The fraction of sp³-hybridized carbons (Fsp3) is 0. The monoisotopic (exact) mass is 267 g/mol. The van der Waals surface area contributed by atoms with Gasteiger partial charge in [0.15, 0.2) is 11.0 Å². The lowest BCUT2D eigenvalue weighted by Gasteiger charge is -1.99. The van der Waals surface area contributed by atoms with Crippen LogP contribution in [0.2, 0.25) is 5.22 Å². The zero-order valence-electron chi connectivity index (χ0n) is 8.79. The zero-order valence-corrected chi connectivity index (χ0v) is 9.55. The summed E-state index contributed by atoms with van der Waals surface area (Å²) in [7, 11) is 0. The Labute approximate surface area is 106 Å². The Balaban J connectivity index is 2.58. The van der Waals surface area contributed by atoms with Crippen molar-refractivity contribution in [3.8, 4) is 11.3 Å². The van der Waals surface area contributed by atoms with Crippen LogP contribution in [-0.4, -0.2) is 16.0 Å². The highest BCUT2D eigenvalue weighted by atomic mass is 35.5. The molecule has 1 aromatic heterocycles. The van der Waals surface area contributed by atoms with Crippen molar-refractivity contribution in [1.82, 2.24) is 0 Å². The van der Waals surface area contributed by atoms with Gasteiger partial charge in [0, 0.05) is 23.8 Å². The highest BCUT2D eigenvalue weighted by molar-refractivity contribution is 6.29. The number of benzene rings is 1. The van der Waals surface area contributed by atoms with Crippen LogP contribution in [0.5, 0.6) is 0 Å². The van der Waals surface area contributed by atoms with Crippen LogP contribution in [-0.2, 0) is 0 Å². The lowest BCUT2D eigenvalue weighted by molar-refractivity contribution is -0.384. The van der Waals surface area contributed by atoms with Gasteiger partial charge >= 0.3 is 5.97 Å². The van der Waals surface area contributed by atoms with Crippen LogP contribution in [0.15, 0.2) is 34.7 Å². The molecule has 1 heterocycles. The summed E-state index contributed by atoms with van der Waals surface area (Å²) in [5.74, 6) is -1.22. The van der Waals surface area contributed by atoms with Gasteiger partial charge in [-0.05, 0) is 11.6 Å². The first-order valence-electron chi connectivity index (χ1n) is 4.76. The first-order chi connectivity index (χ1) is 8.49. The number of non-ortho nitro benzene ring substituents is 1. The summed E-state index contributed by atoms with van der Waals surface area (Å²) in [6.45, 7) is 0. The molecule has 2 rings (SSSR count). The van der Waals surface area contributed by atoms with E-state index in [1.165, 1.54) is 24.3 Å². The Morgan fingerprint density at radius 1 is 1.39 bits per heavy atom. The number of nitro groups is 1. The van der Waals surface area contributed by atoms with Gasteiger partial charge in [0.25, 0.3) is 5.69 Å². The van der Waals surface area contributed by atoms with Gasteiger partial charge in [-0.25, -0.2) is 4.79 Å². The predicted molar refractivity (Wildman–Crippen MR) is 62.8 cm³/mol. The number of carboxylic acids is 1. The van der Waals surface area contributed by atoms with E-state index in [1.807, 2.05) is 0 Å². The molecule has 0 saturated heterocycles. The summed E-state index contributed by atoms with van der Waals surface area (Å²) in [4.78, 5) is 21.0. The molecule has 0 aliphatic heterocycles. The van der Waals surface area contributed by atoms with Crippen LogP contribution in [0.25, 0.3) is 11.3 Å². The molecule has 0 fully saturated rings. The Kier molecular flexibility index (Phi) is 3.03. The number of carboxylic acid groups (broad SMARTS) is 1. The Morgan fingerprint density at radius 3 is 2.72 bits per heavy atom. The average Bonchev–Trinajstić information content (AvgIpc) is 2.72. The Hall–Kier alpha value is -2.34. The number of rotatable bonds is 3. The molecule has 0 aliphatic rings. The minimum atomic E-state index is -1.22. The molecule has 0 aliphatic carbocycles. The van der Waals surface area contributed by atoms with E-state index in [-0.39, 0.29) is 27.8 Å². The van der Waals surface area contributed by atoms with Crippen molar-refractivity contribution in [3.63, 3.8) is 0 Å². The second-order valence-electron chi connectivity index (χ2n) is 3.41. The van der Waals surface area contributed by atoms with Gasteiger partial charge in [-0.15, -0.1) is 0 Å². The van der Waals surface area contributed by atoms with Gasteiger partial charge in [0.1, 0.15) is 5.56 Å². The topological polar surface area (TPSA) is 93.6 Å². The molecule has 0 radical (unpaired) electrons. The van der Waals surface area contributed by atoms with E-state index < -0.39 is 10.9 Å². The number of hydrogen-bond donors (Lipinski definition) is 1. The molecule has 18 heavy (non-hydrogen) atoms. The van der Waals surface area contributed by atoms with E-state index in [9.17, 15) is 14.9 Å². The van der Waals surface area contributed by atoms with Crippen molar-refractivity contribution < 1.29 is 19.2 Å². The Bertz CT molecular complexity index is 634. The SMILES string of the molecule is O=C(O)c1cc(Cl)oc1-c1cccc([N+](=O)[O-])c1. The molecule has 1 aromatic carbocycles. The van der Waals surface area contributed by atoms with Crippen LogP contribution in [0.1, 0.15) is 10.4 Å². The average molecular weight is 268 g/mol. The number of carbonyl (C=O) groups is 1. The summed E-state index contributed by atoms with van der Waals surface area (Å²) in [6, 6.07) is 6.62. The maximum absolute atomic E-state index is 11.0. The zero-order chi connectivity index (χ0) is 13.3. The van der Waals surface area contributed by atoms with Gasteiger partial charge in [-0.2, -0.15) is 0 Å². The highest BCUT2D eigenvalue weighted by Crippen LogP contribution is 2.31. The molecule has 0 unspecified atom stereocenters. The summed E-state index contributed by atoms with van der Waals surface area (Å²) < 4.78 is 5.06. The lowest BCUT2D eigenvalue weighted by Crippen LogP contribution is -1.96. The predicted octanol–water partition coefficient (Wildman–Crippen LogP) is 3.21. The van der Waals surface area contributed by atoms with E-state index in [0.717, 1.165) is 6.07 Å². The molecule has 0 amide bonds.